The molecule has 0 bridgehead atoms. The van der Waals surface area contributed by atoms with E-state index in [4.69, 9.17) is 15.7 Å². The Hall–Kier alpha value is -0.620. The van der Waals surface area contributed by atoms with Crippen molar-refractivity contribution in [3.8, 4) is 0 Å². The quantitative estimate of drug-likeness (QED) is 0.913. The maximum atomic E-state index is 5.90. The second kappa shape index (κ2) is 8.13. The molecular formula is C14H25Cl2N5. The minimum atomic E-state index is 0. The molecule has 21 heavy (non-hydrogen) atoms. The minimum absolute atomic E-state index is 0. The van der Waals surface area contributed by atoms with Crippen molar-refractivity contribution < 1.29 is 0 Å². The van der Waals surface area contributed by atoms with Crippen LogP contribution in [-0.4, -0.2) is 41.0 Å². The average Bonchev–Trinajstić information content (AvgIpc) is 2.99. The Morgan fingerprint density at radius 3 is 2.43 bits per heavy atom. The van der Waals surface area contributed by atoms with E-state index in [-0.39, 0.29) is 24.8 Å². The summed E-state index contributed by atoms with van der Waals surface area (Å²) in [6.45, 7) is 8.03. The van der Waals surface area contributed by atoms with Gasteiger partial charge in [0.25, 0.3) is 0 Å². The molecule has 1 aromatic heterocycles. The molecular weight excluding hydrogens is 309 g/mol. The molecule has 3 rings (SSSR count). The van der Waals surface area contributed by atoms with Crippen LogP contribution in [0.4, 0.5) is 5.95 Å². The number of likely N-dealkylation sites (N-methyl/N-ethyl adjacent to an activating group) is 1. The Balaban J connectivity index is 0.00000110. The van der Waals surface area contributed by atoms with Gasteiger partial charge in [0.2, 0.25) is 5.95 Å². The zero-order chi connectivity index (χ0) is 13.2. The lowest BCUT2D eigenvalue weighted by molar-refractivity contribution is 0.264. The van der Waals surface area contributed by atoms with Crippen molar-refractivity contribution in [1.29, 1.82) is 0 Å². The number of hydrogen-bond acceptors (Lipinski definition) is 5. The molecule has 0 aliphatic carbocycles. The summed E-state index contributed by atoms with van der Waals surface area (Å²) in [6, 6.07) is 0. The summed E-state index contributed by atoms with van der Waals surface area (Å²) in [6.07, 6.45) is 3.53. The number of aromatic nitrogens is 2. The topological polar surface area (TPSA) is 58.3 Å². The SMILES string of the molecule is CCN1CCc2nc(N3CCCC3)nc(CN)c2C1.Cl.Cl. The number of nitrogens with zero attached hydrogens (tertiary/aromatic N) is 4. The van der Waals surface area contributed by atoms with Crippen LogP contribution < -0.4 is 10.6 Å². The van der Waals surface area contributed by atoms with Gasteiger partial charge in [0.1, 0.15) is 0 Å². The van der Waals surface area contributed by atoms with E-state index < -0.39 is 0 Å². The number of rotatable bonds is 3. The van der Waals surface area contributed by atoms with Crippen LogP contribution in [0, 0.1) is 0 Å². The van der Waals surface area contributed by atoms with Gasteiger partial charge in [-0.05, 0) is 19.4 Å². The smallest absolute Gasteiger partial charge is 0.225 e. The fourth-order valence-corrected chi connectivity index (χ4v) is 3.02. The van der Waals surface area contributed by atoms with Crippen LogP contribution in [0.3, 0.4) is 0 Å². The summed E-state index contributed by atoms with van der Waals surface area (Å²) in [5, 5.41) is 0. The Kier molecular flexibility index (Phi) is 7.13. The van der Waals surface area contributed by atoms with E-state index in [1.165, 1.54) is 24.1 Å². The lowest BCUT2D eigenvalue weighted by atomic mass is 10.0. The van der Waals surface area contributed by atoms with Crippen molar-refractivity contribution in [2.45, 2.75) is 39.3 Å². The molecule has 120 valence electrons. The van der Waals surface area contributed by atoms with E-state index >= 15 is 0 Å². The lowest BCUT2D eigenvalue weighted by Gasteiger charge is -2.29. The highest BCUT2D eigenvalue weighted by molar-refractivity contribution is 5.85. The summed E-state index contributed by atoms with van der Waals surface area (Å²) >= 11 is 0. The molecule has 1 saturated heterocycles. The molecule has 1 aromatic rings. The summed E-state index contributed by atoms with van der Waals surface area (Å²) in [5.74, 6) is 0.904. The number of nitrogens with two attached hydrogens (primary N) is 1. The third kappa shape index (κ3) is 3.77. The van der Waals surface area contributed by atoms with Gasteiger partial charge in [0.15, 0.2) is 0 Å². The minimum Gasteiger partial charge on any atom is -0.341 e. The van der Waals surface area contributed by atoms with Gasteiger partial charge in [-0.25, -0.2) is 9.97 Å². The summed E-state index contributed by atoms with van der Waals surface area (Å²) in [7, 11) is 0. The van der Waals surface area contributed by atoms with Gasteiger partial charge >= 0.3 is 0 Å². The van der Waals surface area contributed by atoms with Gasteiger partial charge in [-0.1, -0.05) is 6.92 Å². The maximum Gasteiger partial charge on any atom is 0.225 e. The summed E-state index contributed by atoms with van der Waals surface area (Å²) in [4.78, 5) is 14.3. The molecule has 2 aliphatic rings. The lowest BCUT2D eigenvalue weighted by Crippen LogP contribution is -2.33. The van der Waals surface area contributed by atoms with Gasteiger partial charge < -0.3 is 10.6 Å². The molecule has 0 aromatic carbocycles. The van der Waals surface area contributed by atoms with Crippen LogP contribution in [0.1, 0.15) is 36.7 Å². The molecule has 0 spiro atoms. The standard InChI is InChI=1S/C14H23N5.2ClH/c1-2-18-8-5-12-11(10-18)13(9-15)17-14(16-12)19-6-3-4-7-19;;/h2-10,15H2,1H3;2*1H. The van der Waals surface area contributed by atoms with Crippen LogP contribution >= 0.6 is 24.8 Å². The highest BCUT2D eigenvalue weighted by Crippen LogP contribution is 2.24. The van der Waals surface area contributed by atoms with Crippen LogP contribution in [-0.2, 0) is 19.5 Å². The molecule has 7 heteroatoms. The third-order valence-corrected chi connectivity index (χ3v) is 4.24. The van der Waals surface area contributed by atoms with Gasteiger partial charge in [-0.15, -0.1) is 24.8 Å². The Bertz CT molecular complexity index is 446. The Morgan fingerprint density at radius 1 is 1.10 bits per heavy atom. The molecule has 2 aliphatic heterocycles. The second-order valence-electron chi connectivity index (χ2n) is 5.41. The maximum absolute atomic E-state index is 5.90. The van der Waals surface area contributed by atoms with E-state index in [2.05, 4.69) is 16.7 Å². The van der Waals surface area contributed by atoms with E-state index in [0.29, 0.717) is 6.54 Å². The summed E-state index contributed by atoms with van der Waals surface area (Å²) < 4.78 is 0. The number of hydrogen-bond donors (Lipinski definition) is 1. The first-order chi connectivity index (χ1) is 9.31. The van der Waals surface area contributed by atoms with Crippen LogP contribution in [0.2, 0.25) is 0 Å². The molecule has 5 nitrogen and oxygen atoms in total. The fourth-order valence-electron chi connectivity index (χ4n) is 3.02. The molecule has 0 saturated carbocycles. The fraction of sp³-hybridized carbons (Fsp3) is 0.714. The Morgan fingerprint density at radius 2 is 1.81 bits per heavy atom. The zero-order valence-electron chi connectivity index (χ0n) is 12.5. The highest BCUT2D eigenvalue weighted by atomic mass is 35.5. The average molecular weight is 334 g/mol. The first-order valence-corrected chi connectivity index (χ1v) is 7.38. The molecule has 0 atom stereocenters. The zero-order valence-corrected chi connectivity index (χ0v) is 14.2. The van der Waals surface area contributed by atoms with E-state index in [1.807, 2.05) is 0 Å². The normalized spacial score (nSPS) is 17.9. The second-order valence-corrected chi connectivity index (χ2v) is 5.41. The first-order valence-electron chi connectivity index (χ1n) is 7.38. The van der Waals surface area contributed by atoms with Crippen LogP contribution in [0.25, 0.3) is 0 Å². The van der Waals surface area contributed by atoms with Crippen molar-refractivity contribution in [2.75, 3.05) is 31.1 Å². The van der Waals surface area contributed by atoms with Gasteiger partial charge in [-0.2, -0.15) is 0 Å². The number of anilines is 1. The predicted octanol–water partition coefficient (Wildman–Crippen LogP) is 1.76. The predicted molar refractivity (Wildman–Crippen MR) is 90.5 cm³/mol. The van der Waals surface area contributed by atoms with Crippen molar-refractivity contribution in [3.05, 3.63) is 17.0 Å². The largest absolute Gasteiger partial charge is 0.341 e. The van der Waals surface area contributed by atoms with Crippen molar-refractivity contribution in [1.82, 2.24) is 14.9 Å². The molecule has 3 heterocycles. The number of halogens is 2. The van der Waals surface area contributed by atoms with Crippen LogP contribution in [0.5, 0.6) is 0 Å². The van der Waals surface area contributed by atoms with Crippen molar-refractivity contribution >= 4 is 30.8 Å². The third-order valence-electron chi connectivity index (χ3n) is 4.24. The molecule has 0 radical (unpaired) electrons. The van der Waals surface area contributed by atoms with Crippen molar-refractivity contribution in [2.24, 2.45) is 5.73 Å². The van der Waals surface area contributed by atoms with Crippen LogP contribution in [0.15, 0.2) is 0 Å². The number of fused-ring (bicyclic) bond motifs is 1. The highest BCUT2D eigenvalue weighted by Gasteiger charge is 2.23. The summed E-state index contributed by atoms with van der Waals surface area (Å²) in [5.41, 5.74) is 9.45. The van der Waals surface area contributed by atoms with Gasteiger partial charge in [-0.3, -0.25) is 4.90 Å². The molecule has 0 unspecified atom stereocenters. The van der Waals surface area contributed by atoms with E-state index in [9.17, 15) is 0 Å². The van der Waals surface area contributed by atoms with E-state index in [1.54, 1.807) is 0 Å². The Labute approximate surface area is 139 Å². The van der Waals surface area contributed by atoms with Gasteiger partial charge in [0.05, 0.1) is 11.4 Å². The molecule has 0 amide bonds. The monoisotopic (exact) mass is 333 g/mol. The first kappa shape index (κ1) is 18.4. The van der Waals surface area contributed by atoms with E-state index in [0.717, 1.165) is 50.8 Å². The van der Waals surface area contributed by atoms with Gasteiger partial charge in [0, 0.05) is 44.7 Å². The molecule has 1 fully saturated rings. The van der Waals surface area contributed by atoms with Crippen molar-refractivity contribution in [3.63, 3.8) is 0 Å². The molecule has 2 N–H and O–H groups in total.